The van der Waals surface area contributed by atoms with Gasteiger partial charge in [-0.1, -0.05) is 299 Å². The average molecular weight is 1310 g/mol. The van der Waals surface area contributed by atoms with E-state index in [0.717, 1.165) is 120 Å². The smallest absolute Gasteiger partial charge is 0.462 e. The number of carbonyl (C=O) groups excluding carboxylic acids is 4. The third-order valence-corrected chi connectivity index (χ3v) is 18.4. The summed E-state index contributed by atoms with van der Waals surface area (Å²) in [5, 5.41) is 10.6. The number of esters is 4. The van der Waals surface area contributed by atoms with Crippen molar-refractivity contribution in [3.8, 4) is 0 Å². The molecule has 0 aliphatic heterocycles. The summed E-state index contributed by atoms with van der Waals surface area (Å²) >= 11 is 0. The fourth-order valence-electron chi connectivity index (χ4n) is 10.5. The second-order valence-electron chi connectivity index (χ2n) is 26.5. The van der Waals surface area contributed by atoms with Crippen molar-refractivity contribution in [1.82, 2.24) is 0 Å². The first-order valence-electron chi connectivity index (χ1n) is 36.4. The molecule has 0 radical (unpaired) electrons. The number of aliphatic hydroxyl groups excluding tert-OH is 1. The molecule has 0 amide bonds. The highest BCUT2D eigenvalue weighted by Gasteiger charge is 2.30. The normalized spacial score (nSPS) is 14.5. The molecule has 19 heteroatoms. The molecule has 0 aromatic carbocycles. The van der Waals surface area contributed by atoms with Crippen LogP contribution < -0.4 is 0 Å². The van der Waals surface area contributed by atoms with Crippen LogP contribution in [0.4, 0.5) is 0 Å². The van der Waals surface area contributed by atoms with Crippen LogP contribution in [0.5, 0.6) is 0 Å². The lowest BCUT2D eigenvalue weighted by Gasteiger charge is -2.21. The summed E-state index contributed by atoms with van der Waals surface area (Å²) < 4.78 is 68.2. The third-order valence-electron chi connectivity index (χ3n) is 16.5. The molecule has 0 aliphatic rings. The molecule has 17 nitrogen and oxygen atoms in total. The summed E-state index contributed by atoms with van der Waals surface area (Å²) in [6, 6.07) is 0. The van der Waals surface area contributed by atoms with Gasteiger partial charge in [0.2, 0.25) is 0 Å². The maximum Gasteiger partial charge on any atom is 0.472 e. The molecule has 528 valence electrons. The van der Waals surface area contributed by atoms with E-state index in [4.69, 9.17) is 37.0 Å². The molecule has 0 aromatic rings. The van der Waals surface area contributed by atoms with Gasteiger partial charge in [0.15, 0.2) is 12.2 Å². The number of rotatable bonds is 68. The quantitative estimate of drug-likeness (QED) is 0.0222. The Balaban J connectivity index is 5.22. The van der Waals surface area contributed by atoms with Crippen LogP contribution in [0.3, 0.4) is 0 Å². The Morgan fingerprint density at radius 2 is 0.573 bits per heavy atom. The molecule has 0 saturated heterocycles. The van der Waals surface area contributed by atoms with Crippen molar-refractivity contribution in [1.29, 1.82) is 0 Å². The maximum absolute atomic E-state index is 13.0. The van der Waals surface area contributed by atoms with Crippen LogP contribution in [0.15, 0.2) is 0 Å². The number of carbonyl (C=O) groups is 4. The highest BCUT2D eigenvalue weighted by atomic mass is 31.2. The van der Waals surface area contributed by atoms with Crippen LogP contribution >= 0.6 is 15.6 Å². The van der Waals surface area contributed by atoms with E-state index in [1.807, 2.05) is 0 Å². The molecule has 3 N–H and O–H groups in total. The molecule has 0 saturated carbocycles. The highest BCUT2D eigenvalue weighted by Crippen LogP contribution is 2.45. The number of ether oxygens (including phenoxy) is 4. The van der Waals surface area contributed by atoms with Gasteiger partial charge in [0.25, 0.3) is 0 Å². The van der Waals surface area contributed by atoms with Crippen LogP contribution in [-0.4, -0.2) is 96.7 Å². The summed E-state index contributed by atoms with van der Waals surface area (Å²) in [6.45, 7) is 11.8. The third kappa shape index (κ3) is 63.2. The molecule has 0 fully saturated rings. The van der Waals surface area contributed by atoms with Gasteiger partial charge in [-0.05, 0) is 43.4 Å². The number of phosphoric ester groups is 2. The van der Waals surface area contributed by atoms with Gasteiger partial charge in [-0.3, -0.25) is 37.3 Å². The fraction of sp³-hybridized carbons (Fsp3) is 0.943. The first-order valence-corrected chi connectivity index (χ1v) is 39.4. The number of unbranched alkanes of at least 4 members (excludes halogenated alkanes) is 35. The zero-order valence-electron chi connectivity index (χ0n) is 57.9. The summed E-state index contributed by atoms with van der Waals surface area (Å²) in [4.78, 5) is 72.4. The average Bonchev–Trinajstić information content (AvgIpc) is 3.67. The van der Waals surface area contributed by atoms with Gasteiger partial charge >= 0.3 is 39.5 Å². The van der Waals surface area contributed by atoms with Crippen LogP contribution in [0.1, 0.15) is 350 Å². The molecule has 89 heavy (non-hydrogen) atoms. The van der Waals surface area contributed by atoms with Gasteiger partial charge in [0.05, 0.1) is 26.4 Å². The molecule has 0 bridgehead atoms. The minimum absolute atomic E-state index is 0.105. The minimum atomic E-state index is -4.95. The maximum atomic E-state index is 13.0. The van der Waals surface area contributed by atoms with Crippen molar-refractivity contribution in [3.05, 3.63) is 0 Å². The Morgan fingerprint density at radius 3 is 0.854 bits per heavy atom. The Bertz CT molecular complexity index is 1750. The summed E-state index contributed by atoms with van der Waals surface area (Å²) in [6.07, 6.45) is 44.4. The Morgan fingerprint density at radius 1 is 0.326 bits per heavy atom. The van der Waals surface area contributed by atoms with E-state index >= 15 is 0 Å². The standard InChI is InChI=1S/C70H136O17P2/c1-8-10-11-12-27-37-44-51-67(72)80-57-65(86-70(75)54-47-40-33-26-20-19-23-30-36-43-50-63(7)9-2)59-84-88(76,77)82-55-64(71)56-83-89(78,79)85-60-66(87-69(74)53-46-39-32-25-18-14-16-22-29-35-42-49-62(5)6)58-81-68(73)52-45-38-31-24-17-13-15-21-28-34-41-48-61(3)4/h61-66,71H,8-60H2,1-7H3,(H,76,77)(H,78,79)/t63?,64-,65+,66+/m0/s1. The second kappa shape index (κ2) is 61.0. The van der Waals surface area contributed by atoms with E-state index in [1.165, 1.54) is 148 Å². The van der Waals surface area contributed by atoms with Crippen molar-refractivity contribution in [2.45, 2.75) is 369 Å². The van der Waals surface area contributed by atoms with E-state index in [0.29, 0.717) is 25.7 Å². The summed E-state index contributed by atoms with van der Waals surface area (Å²) in [7, 11) is -9.90. The van der Waals surface area contributed by atoms with E-state index in [1.54, 1.807) is 0 Å². The van der Waals surface area contributed by atoms with Crippen LogP contribution in [-0.2, 0) is 65.4 Å². The van der Waals surface area contributed by atoms with Crippen LogP contribution in [0, 0.1) is 17.8 Å². The fourth-order valence-corrected chi connectivity index (χ4v) is 12.1. The predicted octanol–water partition coefficient (Wildman–Crippen LogP) is 19.8. The lowest BCUT2D eigenvalue weighted by atomic mass is 9.99. The SMILES string of the molecule is CCCCCCCCCC(=O)OC[C@H](COP(=O)(O)OC[C@H](O)COP(=O)(O)OC[C@@H](COC(=O)CCCCCCCCCCCCCC(C)C)OC(=O)CCCCCCCCCCCCCC(C)C)OC(=O)CCCCCCCCCCCCC(C)CC. The Hall–Kier alpha value is -1.94. The van der Waals surface area contributed by atoms with Gasteiger partial charge in [0, 0.05) is 25.7 Å². The molecular weight excluding hydrogens is 1170 g/mol. The van der Waals surface area contributed by atoms with Gasteiger partial charge < -0.3 is 33.8 Å². The Kier molecular flexibility index (Phi) is 59.6. The first-order chi connectivity index (χ1) is 42.8. The molecule has 0 spiro atoms. The van der Waals surface area contributed by atoms with Crippen LogP contribution in [0.25, 0.3) is 0 Å². The molecule has 3 unspecified atom stereocenters. The van der Waals surface area contributed by atoms with Crippen molar-refractivity contribution < 1.29 is 80.2 Å². The number of aliphatic hydroxyl groups is 1. The molecule has 0 heterocycles. The van der Waals surface area contributed by atoms with Crippen molar-refractivity contribution in [2.24, 2.45) is 17.8 Å². The monoisotopic (exact) mass is 1310 g/mol. The van der Waals surface area contributed by atoms with E-state index < -0.39 is 97.5 Å². The number of phosphoric acid groups is 2. The van der Waals surface area contributed by atoms with Gasteiger partial charge in [0.1, 0.15) is 19.3 Å². The van der Waals surface area contributed by atoms with Gasteiger partial charge in [-0.15, -0.1) is 0 Å². The molecule has 0 aliphatic carbocycles. The number of hydrogen-bond acceptors (Lipinski definition) is 15. The van der Waals surface area contributed by atoms with Crippen molar-refractivity contribution in [2.75, 3.05) is 39.6 Å². The van der Waals surface area contributed by atoms with Gasteiger partial charge in [-0.2, -0.15) is 0 Å². The topological polar surface area (TPSA) is 237 Å². The highest BCUT2D eigenvalue weighted by molar-refractivity contribution is 7.47. The summed E-state index contributed by atoms with van der Waals surface area (Å²) in [5.74, 6) is 0.210. The lowest BCUT2D eigenvalue weighted by molar-refractivity contribution is -0.161. The van der Waals surface area contributed by atoms with Gasteiger partial charge in [-0.25, -0.2) is 9.13 Å². The largest absolute Gasteiger partial charge is 0.472 e. The minimum Gasteiger partial charge on any atom is -0.462 e. The summed E-state index contributed by atoms with van der Waals surface area (Å²) in [5.41, 5.74) is 0. The van der Waals surface area contributed by atoms with E-state index in [-0.39, 0.29) is 25.7 Å². The van der Waals surface area contributed by atoms with E-state index in [9.17, 15) is 43.2 Å². The zero-order chi connectivity index (χ0) is 65.9. The predicted molar refractivity (Wildman–Crippen MR) is 358 cm³/mol. The van der Waals surface area contributed by atoms with Crippen molar-refractivity contribution in [3.63, 3.8) is 0 Å². The zero-order valence-corrected chi connectivity index (χ0v) is 59.7. The molecule has 0 rings (SSSR count). The van der Waals surface area contributed by atoms with E-state index in [2.05, 4.69) is 48.5 Å². The number of hydrogen-bond donors (Lipinski definition) is 3. The van der Waals surface area contributed by atoms with Crippen LogP contribution in [0.2, 0.25) is 0 Å². The van der Waals surface area contributed by atoms with Crippen molar-refractivity contribution >= 4 is 39.5 Å². The Labute approximate surface area is 543 Å². The second-order valence-corrected chi connectivity index (χ2v) is 29.4. The lowest BCUT2D eigenvalue weighted by Crippen LogP contribution is -2.30. The molecule has 6 atom stereocenters. The molecular formula is C70H136O17P2. The first kappa shape index (κ1) is 87.1. The molecule has 0 aromatic heterocycles.